The maximum absolute atomic E-state index is 12.8. The summed E-state index contributed by atoms with van der Waals surface area (Å²) >= 11 is 3.43. The third-order valence-electron chi connectivity index (χ3n) is 4.39. The number of carboxylic acid groups (broad SMARTS) is 1. The van der Waals surface area contributed by atoms with Gasteiger partial charge in [-0.05, 0) is 43.9 Å². The number of carboxylic acids is 1. The lowest BCUT2D eigenvalue weighted by atomic mass is 9.97. The number of hydrogen-bond acceptors (Lipinski definition) is 2. The molecule has 3 rings (SSSR count). The Hall–Kier alpha value is -1.82. The smallest absolute Gasteiger partial charge is 0.303 e. The Bertz CT molecular complexity index is 741. The van der Waals surface area contributed by atoms with Crippen molar-refractivity contribution < 1.29 is 14.7 Å². The zero-order valence-corrected chi connectivity index (χ0v) is 14.3. The molecule has 0 saturated carbocycles. The molecule has 1 atom stereocenters. The van der Waals surface area contributed by atoms with Crippen LogP contribution in [0.5, 0.6) is 0 Å². The highest BCUT2D eigenvalue weighted by atomic mass is 79.9. The molecule has 5 nitrogen and oxygen atoms in total. The molecule has 0 bridgehead atoms. The Morgan fingerprint density at radius 1 is 1.30 bits per heavy atom. The number of carbonyl (C=O) groups excluding carboxylic acids is 1. The highest BCUT2D eigenvalue weighted by molar-refractivity contribution is 9.10. The summed E-state index contributed by atoms with van der Waals surface area (Å²) in [6.07, 6.45) is 3.53. The fraction of sp³-hybridized carbons (Fsp3) is 0.412. The summed E-state index contributed by atoms with van der Waals surface area (Å²) < 4.78 is 0.961. The van der Waals surface area contributed by atoms with Crippen molar-refractivity contribution in [2.75, 3.05) is 6.54 Å². The number of rotatable bonds is 4. The second kappa shape index (κ2) is 6.74. The molecular formula is C17H19BrN2O3. The minimum absolute atomic E-state index is 0.0190. The van der Waals surface area contributed by atoms with E-state index in [1.165, 1.54) is 0 Å². The second-order valence-electron chi connectivity index (χ2n) is 6.00. The number of H-pyrrole nitrogens is 1. The molecule has 0 spiro atoms. The van der Waals surface area contributed by atoms with Crippen LogP contribution < -0.4 is 0 Å². The number of aliphatic carboxylic acids is 1. The van der Waals surface area contributed by atoms with Gasteiger partial charge in [0.2, 0.25) is 0 Å². The predicted octanol–water partition coefficient (Wildman–Crippen LogP) is 3.79. The Balaban J connectivity index is 1.81. The zero-order valence-electron chi connectivity index (χ0n) is 12.7. The van der Waals surface area contributed by atoms with Crippen molar-refractivity contribution in [3.63, 3.8) is 0 Å². The number of carbonyl (C=O) groups is 2. The lowest BCUT2D eigenvalue weighted by Gasteiger charge is -2.35. The van der Waals surface area contributed by atoms with Crippen molar-refractivity contribution in [2.45, 2.75) is 38.1 Å². The van der Waals surface area contributed by atoms with Crippen molar-refractivity contribution in [1.29, 1.82) is 0 Å². The molecule has 2 aromatic rings. The van der Waals surface area contributed by atoms with Gasteiger partial charge in [-0.2, -0.15) is 0 Å². The normalized spacial score (nSPS) is 18.3. The number of likely N-dealkylation sites (tertiary alicyclic amines) is 1. The van der Waals surface area contributed by atoms with E-state index in [1.54, 1.807) is 0 Å². The number of amides is 1. The maximum atomic E-state index is 12.8. The fourth-order valence-corrected chi connectivity index (χ4v) is 3.59. The first-order valence-corrected chi connectivity index (χ1v) is 8.65. The third-order valence-corrected chi connectivity index (χ3v) is 4.89. The van der Waals surface area contributed by atoms with Gasteiger partial charge < -0.3 is 15.0 Å². The summed E-state index contributed by atoms with van der Waals surface area (Å²) in [5.74, 6) is -0.842. The SMILES string of the molecule is O=C(O)CCC1CCCCN1C(=O)c1cc2ccc(Br)cc2[nH]1. The molecule has 6 heteroatoms. The number of benzene rings is 1. The molecule has 23 heavy (non-hydrogen) atoms. The topological polar surface area (TPSA) is 73.4 Å². The van der Waals surface area contributed by atoms with Gasteiger partial charge in [-0.15, -0.1) is 0 Å². The molecule has 1 fully saturated rings. The summed E-state index contributed by atoms with van der Waals surface area (Å²) in [7, 11) is 0. The van der Waals surface area contributed by atoms with Crippen molar-refractivity contribution in [1.82, 2.24) is 9.88 Å². The number of halogens is 1. The van der Waals surface area contributed by atoms with E-state index < -0.39 is 5.97 Å². The Kier molecular flexibility index (Phi) is 4.71. The number of nitrogens with zero attached hydrogens (tertiary/aromatic N) is 1. The van der Waals surface area contributed by atoms with E-state index in [0.717, 1.165) is 34.6 Å². The standard InChI is InChI=1S/C17H19BrN2O3/c18-12-5-4-11-9-15(19-14(11)10-12)17(23)20-8-2-1-3-13(20)6-7-16(21)22/h4-5,9-10,13,19H,1-3,6-8H2,(H,21,22). The average molecular weight is 379 g/mol. The molecule has 122 valence electrons. The van der Waals surface area contributed by atoms with Crippen LogP contribution in [0, 0.1) is 0 Å². The van der Waals surface area contributed by atoms with Gasteiger partial charge in [-0.3, -0.25) is 9.59 Å². The molecule has 1 unspecified atom stereocenters. The van der Waals surface area contributed by atoms with Crippen LogP contribution in [0.4, 0.5) is 0 Å². The lowest BCUT2D eigenvalue weighted by Crippen LogP contribution is -2.44. The Morgan fingerprint density at radius 3 is 2.91 bits per heavy atom. The molecule has 1 aromatic carbocycles. The highest BCUT2D eigenvalue weighted by Gasteiger charge is 2.28. The third kappa shape index (κ3) is 3.58. The summed E-state index contributed by atoms with van der Waals surface area (Å²) in [5, 5.41) is 9.89. The zero-order chi connectivity index (χ0) is 16.4. The number of nitrogens with one attached hydrogen (secondary N) is 1. The Labute approximate surface area is 142 Å². The molecule has 1 saturated heterocycles. The first kappa shape index (κ1) is 16.1. The quantitative estimate of drug-likeness (QED) is 0.849. The first-order valence-electron chi connectivity index (χ1n) is 7.85. The molecular weight excluding hydrogens is 360 g/mol. The molecule has 1 amide bonds. The van der Waals surface area contributed by atoms with Crippen molar-refractivity contribution in [3.05, 3.63) is 34.4 Å². The molecule has 0 aliphatic carbocycles. The van der Waals surface area contributed by atoms with Gasteiger partial charge in [0.25, 0.3) is 5.91 Å². The predicted molar refractivity (Wildman–Crippen MR) is 91.5 cm³/mol. The van der Waals surface area contributed by atoms with Crippen LogP contribution in [0.1, 0.15) is 42.6 Å². The summed E-state index contributed by atoms with van der Waals surface area (Å²) in [6, 6.07) is 7.74. The van der Waals surface area contributed by atoms with Crippen LogP contribution in [0.2, 0.25) is 0 Å². The largest absolute Gasteiger partial charge is 0.481 e. The van der Waals surface area contributed by atoms with Crippen molar-refractivity contribution in [2.24, 2.45) is 0 Å². The van der Waals surface area contributed by atoms with Gasteiger partial charge in [-0.25, -0.2) is 0 Å². The minimum atomic E-state index is -0.807. The number of piperidine rings is 1. The van der Waals surface area contributed by atoms with Gasteiger partial charge in [0.15, 0.2) is 0 Å². The van der Waals surface area contributed by atoms with E-state index in [9.17, 15) is 9.59 Å². The minimum Gasteiger partial charge on any atom is -0.481 e. The van der Waals surface area contributed by atoms with E-state index in [4.69, 9.17) is 5.11 Å². The molecule has 2 heterocycles. The van der Waals surface area contributed by atoms with Gasteiger partial charge in [0, 0.05) is 34.4 Å². The first-order chi connectivity index (χ1) is 11.0. The molecule has 1 aliphatic heterocycles. The van der Waals surface area contributed by atoms with Gasteiger partial charge in [0.05, 0.1) is 0 Å². The lowest BCUT2D eigenvalue weighted by molar-refractivity contribution is -0.137. The van der Waals surface area contributed by atoms with E-state index in [-0.39, 0.29) is 18.4 Å². The molecule has 1 aliphatic rings. The van der Waals surface area contributed by atoms with E-state index in [2.05, 4.69) is 20.9 Å². The summed E-state index contributed by atoms with van der Waals surface area (Å²) in [4.78, 5) is 28.7. The molecule has 1 aromatic heterocycles. The van der Waals surface area contributed by atoms with Gasteiger partial charge >= 0.3 is 5.97 Å². The number of hydrogen-bond donors (Lipinski definition) is 2. The molecule has 2 N–H and O–H groups in total. The monoisotopic (exact) mass is 378 g/mol. The van der Waals surface area contributed by atoms with E-state index >= 15 is 0 Å². The van der Waals surface area contributed by atoms with Crippen LogP contribution in [-0.2, 0) is 4.79 Å². The molecule has 0 radical (unpaired) electrons. The van der Waals surface area contributed by atoms with Crippen molar-refractivity contribution in [3.8, 4) is 0 Å². The highest BCUT2D eigenvalue weighted by Crippen LogP contribution is 2.25. The van der Waals surface area contributed by atoms with Crippen molar-refractivity contribution >= 4 is 38.7 Å². The van der Waals surface area contributed by atoms with Gasteiger partial charge in [0.1, 0.15) is 5.69 Å². The number of aromatic amines is 1. The fourth-order valence-electron chi connectivity index (χ4n) is 3.23. The maximum Gasteiger partial charge on any atom is 0.303 e. The van der Waals surface area contributed by atoms with Crippen LogP contribution >= 0.6 is 15.9 Å². The van der Waals surface area contributed by atoms with E-state index in [0.29, 0.717) is 18.7 Å². The van der Waals surface area contributed by atoms with Crippen LogP contribution in [0.3, 0.4) is 0 Å². The number of fused-ring (bicyclic) bond motifs is 1. The van der Waals surface area contributed by atoms with E-state index in [1.807, 2.05) is 29.2 Å². The Morgan fingerprint density at radius 2 is 2.13 bits per heavy atom. The van der Waals surface area contributed by atoms with Crippen LogP contribution in [0.15, 0.2) is 28.7 Å². The second-order valence-corrected chi connectivity index (χ2v) is 6.91. The summed E-state index contributed by atoms with van der Waals surface area (Å²) in [6.45, 7) is 0.697. The number of aromatic nitrogens is 1. The van der Waals surface area contributed by atoms with Crippen LogP contribution in [-0.4, -0.2) is 39.5 Å². The van der Waals surface area contributed by atoms with Gasteiger partial charge in [-0.1, -0.05) is 22.0 Å². The van der Waals surface area contributed by atoms with Crippen LogP contribution in [0.25, 0.3) is 10.9 Å². The average Bonchev–Trinajstić information content (AvgIpc) is 2.95. The summed E-state index contributed by atoms with van der Waals surface area (Å²) in [5.41, 5.74) is 1.49.